The van der Waals surface area contributed by atoms with Crippen LogP contribution in [0.2, 0.25) is 0 Å². The lowest BCUT2D eigenvalue weighted by molar-refractivity contribution is -0.131. The summed E-state index contributed by atoms with van der Waals surface area (Å²) in [6.07, 6.45) is 1.74. The van der Waals surface area contributed by atoms with Gasteiger partial charge in [-0.3, -0.25) is 19.5 Å². The third-order valence-electron chi connectivity index (χ3n) is 5.00. The van der Waals surface area contributed by atoms with Gasteiger partial charge in [0, 0.05) is 30.2 Å². The zero-order chi connectivity index (χ0) is 21.1. The van der Waals surface area contributed by atoms with Crippen molar-refractivity contribution in [3.8, 4) is 27.7 Å². The number of hydrogen-bond donors (Lipinski definition) is 0. The van der Waals surface area contributed by atoms with E-state index < -0.39 is 0 Å². The van der Waals surface area contributed by atoms with Crippen LogP contribution in [0.15, 0.2) is 48.0 Å². The van der Waals surface area contributed by atoms with Crippen LogP contribution in [-0.2, 0) is 9.59 Å². The van der Waals surface area contributed by atoms with Crippen LogP contribution in [0.25, 0.3) is 22.0 Å². The monoisotopic (exact) mass is 422 g/mol. The lowest BCUT2D eigenvalue weighted by Gasteiger charge is -2.31. The van der Waals surface area contributed by atoms with Gasteiger partial charge in [-0.2, -0.15) is 0 Å². The first-order valence-electron chi connectivity index (χ1n) is 9.83. The number of benzene rings is 1. The van der Waals surface area contributed by atoms with Gasteiger partial charge in [-0.25, -0.2) is 4.98 Å². The molecule has 0 saturated carbocycles. The van der Waals surface area contributed by atoms with Gasteiger partial charge >= 0.3 is 0 Å². The molecule has 8 heteroatoms. The molecular weight excluding hydrogens is 400 g/mol. The highest BCUT2D eigenvalue weighted by Gasteiger charge is 2.29. The summed E-state index contributed by atoms with van der Waals surface area (Å²) in [5.41, 5.74) is 3.05. The van der Waals surface area contributed by atoms with E-state index in [1.54, 1.807) is 11.1 Å². The number of aromatic nitrogens is 2. The molecule has 0 aliphatic carbocycles. The second-order valence-corrected chi connectivity index (χ2v) is 7.63. The largest absolute Gasteiger partial charge is 0.482 e. The fraction of sp³-hybridized carbons (Fsp3) is 0.273. The van der Waals surface area contributed by atoms with Gasteiger partial charge in [0.25, 0.3) is 5.91 Å². The number of fused-ring (bicyclic) bond motifs is 1. The Bertz CT molecular complexity index is 1060. The number of thiazole rings is 1. The predicted molar refractivity (Wildman–Crippen MR) is 117 cm³/mol. The van der Waals surface area contributed by atoms with Gasteiger partial charge in [-0.05, 0) is 44.2 Å². The van der Waals surface area contributed by atoms with Crippen molar-refractivity contribution < 1.29 is 14.3 Å². The smallest absolute Gasteiger partial charge is 0.265 e. The Balaban J connectivity index is 1.65. The summed E-state index contributed by atoms with van der Waals surface area (Å²) in [5.74, 6) is 0.274. The number of ether oxygens (including phenoxy) is 1. The normalized spacial score (nSPS) is 13.0. The van der Waals surface area contributed by atoms with E-state index in [1.807, 2.05) is 55.6 Å². The zero-order valence-electron chi connectivity index (χ0n) is 16.9. The minimum atomic E-state index is -0.229. The van der Waals surface area contributed by atoms with Gasteiger partial charge in [-0.15, -0.1) is 11.3 Å². The minimum absolute atomic E-state index is 0.00340. The highest BCUT2D eigenvalue weighted by Crippen LogP contribution is 2.37. The zero-order valence-corrected chi connectivity index (χ0v) is 17.7. The van der Waals surface area contributed by atoms with Crippen molar-refractivity contribution in [2.24, 2.45) is 0 Å². The number of likely N-dealkylation sites (N-methyl/N-ethyl adjacent to an activating group) is 1. The number of nitrogens with zero attached hydrogens (tertiary/aromatic N) is 4. The van der Waals surface area contributed by atoms with Crippen molar-refractivity contribution in [2.75, 3.05) is 31.1 Å². The number of carbonyl (C=O) groups excluding carboxylic acids is 2. The summed E-state index contributed by atoms with van der Waals surface area (Å²) < 4.78 is 5.58. The third-order valence-corrected chi connectivity index (χ3v) is 5.86. The molecule has 0 saturated heterocycles. The SMILES string of the molecule is CCN(CC)C(=O)CN1C(=O)COc2ccc(-c3csc(-c4ccccn4)n3)cc21. The molecule has 30 heavy (non-hydrogen) atoms. The summed E-state index contributed by atoms with van der Waals surface area (Å²) in [6, 6.07) is 11.3. The molecule has 0 atom stereocenters. The van der Waals surface area contributed by atoms with Gasteiger partial charge in [0.1, 0.15) is 17.3 Å². The number of anilines is 1. The van der Waals surface area contributed by atoms with Crippen LogP contribution in [-0.4, -0.2) is 52.9 Å². The Kier molecular flexibility index (Phi) is 5.76. The van der Waals surface area contributed by atoms with Gasteiger partial charge in [0.15, 0.2) is 6.61 Å². The predicted octanol–water partition coefficient (Wildman–Crippen LogP) is 3.47. The van der Waals surface area contributed by atoms with Crippen LogP contribution < -0.4 is 9.64 Å². The molecule has 2 amide bonds. The minimum Gasteiger partial charge on any atom is -0.482 e. The summed E-state index contributed by atoms with van der Waals surface area (Å²) in [6.45, 7) is 4.99. The highest BCUT2D eigenvalue weighted by atomic mass is 32.1. The van der Waals surface area contributed by atoms with E-state index in [2.05, 4.69) is 4.98 Å². The van der Waals surface area contributed by atoms with Gasteiger partial charge in [-0.1, -0.05) is 6.07 Å². The van der Waals surface area contributed by atoms with Crippen LogP contribution in [0.3, 0.4) is 0 Å². The average molecular weight is 423 g/mol. The first kappa shape index (κ1) is 20.0. The lowest BCUT2D eigenvalue weighted by Crippen LogP contribution is -2.46. The molecule has 7 nitrogen and oxygen atoms in total. The van der Waals surface area contributed by atoms with Gasteiger partial charge in [0.2, 0.25) is 5.91 Å². The van der Waals surface area contributed by atoms with Crippen LogP contribution in [0.1, 0.15) is 13.8 Å². The van der Waals surface area contributed by atoms with Crippen molar-refractivity contribution in [2.45, 2.75) is 13.8 Å². The molecule has 3 aromatic rings. The molecule has 0 bridgehead atoms. The molecule has 4 rings (SSSR count). The average Bonchev–Trinajstić information content (AvgIpc) is 3.27. The van der Waals surface area contributed by atoms with Crippen LogP contribution >= 0.6 is 11.3 Å². The fourth-order valence-electron chi connectivity index (χ4n) is 3.36. The van der Waals surface area contributed by atoms with E-state index in [0.29, 0.717) is 24.5 Å². The Morgan fingerprint density at radius 3 is 2.77 bits per heavy atom. The van der Waals surface area contributed by atoms with Crippen molar-refractivity contribution in [1.29, 1.82) is 0 Å². The molecular formula is C22H22N4O3S. The van der Waals surface area contributed by atoms with Gasteiger partial charge < -0.3 is 9.64 Å². The molecule has 0 fully saturated rings. The van der Waals surface area contributed by atoms with E-state index in [9.17, 15) is 9.59 Å². The molecule has 1 aliphatic heterocycles. The molecule has 3 heterocycles. The van der Waals surface area contributed by atoms with Gasteiger partial charge in [0.05, 0.1) is 17.1 Å². The molecule has 2 aromatic heterocycles. The Morgan fingerprint density at radius 2 is 2.03 bits per heavy atom. The van der Waals surface area contributed by atoms with E-state index in [-0.39, 0.29) is 25.0 Å². The number of amides is 2. The number of pyridine rings is 1. The van der Waals surface area contributed by atoms with Crippen molar-refractivity contribution in [3.63, 3.8) is 0 Å². The number of carbonyl (C=O) groups is 2. The summed E-state index contributed by atoms with van der Waals surface area (Å²) in [4.78, 5) is 37.4. The van der Waals surface area contributed by atoms with Crippen molar-refractivity contribution >= 4 is 28.8 Å². The molecule has 0 N–H and O–H groups in total. The quantitative estimate of drug-likeness (QED) is 0.608. The molecule has 0 unspecified atom stereocenters. The van der Waals surface area contributed by atoms with E-state index in [0.717, 1.165) is 22.0 Å². The summed E-state index contributed by atoms with van der Waals surface area (Å²) in [5, 5.41) is 2.78. The molecule has 1 aliphatic rings. The maximum atomic E-state index is 12.6. The maximum Gasteiger partial charge on any atom is 0.265 e. The third kappa shape index (κ3) is 3.91. The number of rotatable bonds is 6. The number of hydrogen-bond acceptors (Lipinski definition) is 6. The van der Waals surface area contributed by atoms with E-state index in [1.165, 1.54) is 16.2 Å². The topological polar surface area (TPSA) is 75.6 Å². The standard InChI is InChI=1S/C22H22N4O3S/c1-3-25(4-2)20(27)12-26-18-11-15(8-9-19(18)29-13-21(26)28)17-14-30-22(24-17)16-7-5-6-10-23-16/h5-11,14H,3-4,12-13H2,1-2H3. The molecule has 1 aromatic carbocycles. The fourth-order valence-corrected chi connectivity index (χ4v) is 4.16. The maximum absolute atomic E-state index is 12.6. The first-order valence-corrected chi connectivity index (χ1v) is 10.7. The molecule has 154 valence electrons. The van der Waals surface area contributed by atoms with Crippen molar-refractivity contribution in [3.05, 3.63) is 48.0 Å². The Morgan fingerprint density at radius 1 is 1.20 bits per heavy atom. The Labute approximate surface area is 178 Å². The molecule has 0 radical (unpaired) electrons. The second kappa shape index (κ2) is 8.62. The Hall–Kier alpha value is -3.26. The summed E-state index contributed by atoms with van der Waals surface area (Å²) >= 11 is 1.51. The van der Waals surface area contributed by atoms with E-state index in [4.69, 9.17) is 9.72 Å². The summed E-state index contributed by atoms with van der Waals surface area (Å²) in [7, 11) is 0. The highest BCUT2D eigenvalue weighted by molar-refractivity contribution is 7.13. The van der Waals surface area contributed by atoms with Crippen LogP contribution in [0.5, 0.6) is 5.75 Å². The lowest BCUT2D eigenvalue weighted by atomic mass is 10.1. The first-order chi connectivity index (χ1) is 14.6. The van der Waals surface area contributed by atoms with Crippen LogP contribution in [0.4, 0.5) is 5.69 Å². The molecule has 0 spiro atoms. The van der Waals surface area contributed by atoms with E-state index >= 15 is 0 Å². The second-order valence-electron chi connectivity index (χ2n) is 6.77. The van der Waals surface area contributed by atoms with Crippen LogP contribution in [0, 0.1) is 0 Å². The van der Waals surface area contributed by atoms with Crippen molar-refractivity contribution in [1.82, 2.24) is 14.9 Å².